The molecule has 7 heteroatoms. The molecule has 2 atom stereocenters. The van der Waals surface area contributed by atoms with Crippen LogP contribution in [0.1, 0.15) is 95.6 Å². The molecular formula is C27H42N2O5. The van der Waals surface area contributed by atoms with Crippen LogP contribution in [0.25, 0.3) is 0 Å². The van der Waals surface area contributed by atoms with E-state index in [1.54, 1.807) is 0 Å². The summed E-state index contributed by atoms with van der Waals surface area (Å²) in [6, 6.07) is 4.58. The number of aliphatic hydroxyl groups is 2. The molecule has 7 nitrogen and oxygen atoms in total. The molecule has 1 amide bonds. The molecule has 0 aliphatic heterocycles. The number of nitrogens with zero attached hydrogens (tertiary/aromatic N) is 1. The molecular weight excluding hydrogens is 432 g/mol. The first-order valence-electron chi connectivity index (χ1n) is 12.6. The van der Waals surface area contributed by atoms with Crippen molar-refractivity contribution in [3.63, 3.8) is 0 Å². The van der Waals surface area contributed by atoms with E-state index in [-0.39, 0.29) is 11.6 Å². The normalized spacial score (nSPS) is 13.4. The Morgan fingerprint density at radius 3 is 2.15 bits per heavy atom. The Bertz CT molecular complexity index is 746. The van der Waals surface area contributed by atoms with E-state index in [0.29, 0.717) is 12.0 Å². The van der Waals surface area contributed by atoms with Gasteiger partial charge in [0, 0.05) is 18.6 Å². The molecule has 0 radical (unpaired) electrons. The Kier molecular flexibility index (Phi) is 16.4. The summed E-state index contributed by atoms with van der Waals surface area (Å²) in [5.74, 6) is -0.217. The molecule has 0 spiro atoms. The van der Waals surface area contributed by atoms with Gasteiger partial charge in [-0.2, -0.15) is 0 Å². The van der Waals surface area contributed by atoms with E-state index in [1.165, 1.54) is 49.9 Å². The summed E-state index contributed by atoms with van der Waals surface area (Å²) in [4.78, 5) is 22.4. The van der Waals surface area contributed by atoms with Gasteiger partial charge in [0.05, 0.1) is 17.6 Å². The fraction of sp³-hybridized carbons (Fsp3) is 0.593. The summed E-state index contributed by atoms with van der Waals surface area (Å²) in [5.41, 5.74) is 0.323. The number of benzene rings is 1. The van der Waals surface area contributed by atoms with Crippen molar-refractivity contribution in [3.8, 4) is 0 Å². The van der Waals surface area contributed by atoms with Crippen molar-refractivity contribution in [1.29, 1.82) is 0 Å². The lowest BCUT2D eigenvalue weighted by atomic mass is 10.0. The summed E-state index contributed by atoms with van der Waals surface area (Å²) in [7, 11) is 0. The van der Waals surface area contributed by atoms with Gasteiger partial charge in [-0.25, -0.2) is 0 Å². The quantitative estimate of drug-likeness (QED) is 0.0997. The van der Waals surface area contributed by atoms with E-state index in [4.69, 9.17) is 0 Å². The Labute approximate surface area is 204 Å². The van der Waals surface area contributed by atoms with Crippen LogP contribution in [0.2, 0.25) is 0 Å². The minimum Gasteiger partial charge on any atom is -0.394 e. The molecule has 3 N–H and O–H groups in total. The number of rotatable bonds is 19. The number of aliphatic hydroxyl groups excluding tert-OH is 2. The number of unbranched alkanes of at least 4 members (excludes halogenated alkanes) is 8. The van der Waals surface area contributed by atoms with Crippen LogP contribution in [0.3, 0.4) is 0 Å². The predicted molar refractivity (Wildman–Crippen MR) is 136 cm³/mol. The summed E-state index contributed by atoms with van der Waals surface area (Å²) in [5, 5.41) is 33.4. The Hall–Kier alpha value is -2.51. The van der Waals surface area contributed by atoms with Crippen molar-refractivity contribution in [2.75, 3.05) is 6.61 Å². The van der Waals surface area contributed by atoms with Crippen molar-refractivity contribution >= 4 is 11.6 Å². The van der Waals surface area contributed by atoms with Crippen molar-refractivity contribution in [2.45, 2.75) is 96.1 Å². The highest BCUT2D eigenvalue weighted by Gasteiger charge is 2.22. The lowest BCUT2D eigenvalue weighted by Gasteiger charge is -2.22. The first-order valence-corrected chi connectivity index (χ1v) is 12.6. The zero-order valence-corrected chi connectivity index (χ0v) is 20.5. The van der Waals surface area contributed by atoms with Crippen LogP contribution in [-0.2, 0) is 4.79 Å². The van der Waals surface area contributed by atoms with E-state index in [0.717, 1.165) is 44.9 Å². The van der Waals surface area contributed by atoms with Gasteiger partial charge in [0.2, 0.25) is 5.91 Å². The molecule has 1 aromatic carbocycles. The molecule has 0 heterocycles. The number of nitrogens with one attached hydrogen (secondary N) is 1. The van der Waals surface area contributed by atoms with Crippen molar-refractivity contribution in [3.05, 3.63) is 64.2 Å². The fourth-order valence-corrected chi connectivity index (χ4v) is 3.63. The number of carbonyl (C=O) groups excluding carboxylic acids is 1. The Morgan fingerprint density at radius 1 is 0.971 bits per heavy atom. The van der Waals surface area contributed by atoms with Gasteiger partial charge in [-0.3, -0.25) is 14.9 Å². The molecule has 1 rings (SSSR count). The highest BCUT2D eigenvalue weighted by atomic mass is 16.6. The number of hydrogen-bond donors (Lipinski definition) is 3. The van der Waals surface area contributed by atoms with Crippen LogP contribution in [0.5, 0.6) is 0 Å². The van der Waals surface area contributed by atoms with Gasteiger partial charge in [-0.15, -0.1) is 0 Å². The maximum Gasteiger partial charge on any atom is 0.269 e. The van der Waals surface area contributed by atoms with Crippen LogP contribution in [0, 0.1) is 10.1 Å². The van der Waals surface area contributed by atoms with E-state index < -0.39 is 23.7 Å². The first kappa shape index (κ1) is 29.5. The fourth-order valence-electron chi connectivity index (χ4n) is 3.63. The zero-order valence-electron chi connectivity index (χ0n) is 20.5. The van der Waals surface area contributed by atoms with Crippen molar-refractivity contribution in [2.24, 2.45) is 0 Å². The molecule has 0 saturated heterocycles. The molecule has 1 aromatic rings. The summed E-state index contributed by atoms with van der Waals surface area (Å²) >= 11 is 0. The lowest BCUT2D eigenvalue weighted by Crippen LogP contribution is -2.41. The number of non-ortho nitro benzene ring substituents is 1. The Morgan fingerprint density at radius 2 is 1.56 bits per heavy atom. The van der Waals surface area contributed by atoms with E-state index in [1.807, 2.05) is 0 Å². The second-order valence-corrected chi connectivity index (χ2v) is 8.63. The predicted octanol–water partition coefficient (Wildman–Crippen LogP) is 5.92. The smallest absolute Gasteiger partial charge is 0.269 e. The molecule has 0 bridgehead atoms. The maximum absolute atomic E-state index is 12.2. The van der Waals surface area contributed by atoms with Gasteiger partial charge in [0.15, 0.2) is 0 Å². The Balaban J connectivity index is 2.13. The maximum atomic E-state index is 12.2. The van der Waals surface area contributed by atoms with Crippen LogP contribution in [-0.4, -0.2) is 33.7 Å². The number of nitro benzene ring substituents is 1. The van der Waals surface area contributed by atoms with Crippen molar-refractivity contribution < 1.29 is 19.9 Å². The van der Waals surface area contributed by atoms with Crippen LogP contribution >= 0.6 is 0 Å². The second-order valence-electron chi connectivity index (χ2n) is 8.63. The highest BCUT2D eigenvalue weighted by Crippen LogP contribution is 2.20. The number of amides is 1. The second kappa shape index (κ2) is 18.9. The number of carbonyl (C=O) groups is 1. The third kappa shape index (κ3) is 13.3. The summed E-state index contributed by atoms with van der Waals surface area (Å²) < 4.78 is 0. The number of hydrogen-bond acceptors (Lipinski definition) is 5. The molecule has 0 aromatic heterocycles. The standard InChI is InChI=1S/C27H42N2O5/c1-2-3-4-5-6-7-8-9-10-11-12-13-14-15-16-17-26(31)28-25(22-30)27(32)23-18-20-24(21-19-23)29(33)34/h6-7,9-10,18-21,25,27,30,32H,2-5,8,11-17,22H2,1H3,(H,28,31)/b7-6-,10-9-/t25-,27+/m1/s1. The topological polar surface area (TPSA) is 113 Å². The van der Waals surface area contributed by atoms with Gasteiger partial charge >= 0.3 is 0 Å². The number of nitro groups is 1. The van der Waals surface area contributed by atoms with E-state index in [2.05, 4.69) is 36.5 Å². The van der Waals surface area contributed by atoms with Crippen LogP contribution < -0.4 is 5.32 Å². The van der Waals surface area contributed by atoms with Crippen LogP contribution in [0.4, 0.5) is 5.69 Å². The van der Waals surface area contributed by atoms with E-state index >= 15 is 0 Å². The van der Waals surface area contributed by atoms with Gasteiger partial charge in [0.25, 0.3) is 5.69 Å². The molecule has 0 aliphatic carbocycles. The van der Waals surface area contributed by atoms with Crippen LogP contribution in [0.15, 0.2) is 48.6 Å². The van der Waals surface area contributed by atoms with E-state index in [9.17, 15) is 25.1 Å². The monoisotopic (exact) mass is 474 g/mol. The molecule has 0 unspecified atom stereocenters. The molecule has 34 heavy (non-hydrogen) atoms. The largest absolute Gasteiger partial charge is 0.394 e. The average Bonchev–Trinajstić information content (AvgIpc) is 2.84. The SMILES string of the molecule is CCCCC/C=C\C/C=C\CCCCCCCC(=O)N[C@H](CO)[C@@H](O)c1ccc([N+](=O)[O-])cc1. The van der Waals surface area contributed by atoms with Gasteiger partial charge in [-0.1, -0.05) is 63.3 Å². The molecule has 0 fully saturated rings. The minimum absolute atomic E-state index is 0.0816. The average molecular weight is 475 g/mol. The molecule has 0 saturated carbocycles. The number of allylic oxidation sites excluding steroid dienone is 4. The van der Waals surface area contributed by atoms with Crippen molar-refractivity contribution in [1.82, 2.24) is 5.32 Å². The molecule has 190 valence electrons. The van der Waals surface area contributed by atoms with Gasteiger partial charge in [-0.05, 0) is 56.2 Å². The highest BCUT2D eigenvalue weighted by molar-refractivity contribution is 5.76. The third-order valence-electron chi connectivity index (χ3n) is 5.72. The summed E-state index contributed by atoms with van der Waals surface area (Å²) in [6.07, 6.45) is 20.4. The zero-order chi connectivity index (χ0) is 25.0. The summed E-state index contributed by atoms with van der Waals surface area (Å²) in [6.45, 7) is 1.80. The minimum atomic E-state index is -1.14. The van der Waals surface area contributed by atoms with Gasteiger partial charge < -0.3 is 15.5 Å². The third-order valence-corrected chi connectivity index (χ3v) is 5.72. The first-order chi connectivity index (χ1) is 16.5. The lowest BCUT2D eigenvalue weighted by molar-refractivity contribution is -0.384. The molecule has 0 aliphatic rings. The van der Waals surface area contributed by atoms with Gasteiger partial charge in [0.1, 0.15) is 6.10 Å².